The van der Waals surface area contributed by atoms with Gasteiger partial charge in [-0.1, -0.05) is 30.3 Å². The maximum atomic E-state index is 12.5. The van der Waals surface area contributed by atoms with E-state index in [0.717, 1.165) is 22.5 Å². The summed E-state index contributed by atoms with van der Waals surface area (Å²) in [6, 6.07) is 13.9. The van der Waals surface area contributed by atoms with Crippen molar-refractivity contribution in [2.24, 2.45) is 0 Å². The van der Waals surface area contributed by atoms with E-state index in [9.17, 15) is 13.6 Å². The summed E-state index contributed by atoms with van der Waals surface area (Å²) in [7, 11) is 0. The molecule has 27 heavy (non-hydrogen) atoms. The summed E-state index contributed by atoms with van der Waals surface area (Å²) in [6.45, 7) is 1.23. The summed E-state index contributed by atoms with van der Waals surface area (Å²) in [6.07, 6.45) is 1.54. The van der Waals surface area contributed by atoms with Crippen LogP contribution in [0.25, 0.3) is 5.69 Å². The van der Waals surface area contributed by atoms with E-state index in [0.29, 0.717) is 5.56 Å². The number of para-hydroxylation sites is 1. The summed E-state index contributed by atoms with van der Waals surface area (Å²) in [5.74, 6) is -0.171. The molecule has 1 N–H and O–H groups in total. The molecule has 0 unspecified atom stereocenters. The third-order valence-electron chi connectivity index (χ3n) is 4.20. The first kappa shape index (κ1) is 18.6. The van der Waals surface area contributed by atoms with Crippen LogP contribution >= 0.6 is 0 Å². The fraction of sp³-hybridized carbons (Fsp3) is 0.200. The number of rotatable bonds is 6. The maximum absolute atomic E-state index is 12.5. The number of carbonyl (C=O) groups excluding carboxylic acids is 1. The van der Waals surface area contributed by atoms with E-state index in [1.54, 1.807) is 16.8 Å². The average Bonchev–Trinajstić information content (AvgIpc) is 3.02. The zero-order valence-corrected chi connectivity index (χ0v) is 14.9. The normalized spacial score (nSPS) is 10.9. The van der Waals surface area contributed by atoms with E-state index in [1.807, 2.05) is 38.1 Å². The second kappa shape index (κ2) is 7.99. The van der Waals surface area contributed by atoms with Crippen molar-refractivity contribution in [1.29, 1.82) is 0 Å². The SMILES string of the molecule is Cc1ccccc1-n1ncc(C(=O)NCc2ccc(OC(F)F)cc2)c1C. The first-order valence-corrected chi connectivity index (χ1v) is 8.38. The van der Waals surface area contributed by atoms with E-state index < -0.39 is 6.61 Å². The maximum Gasteiger partial charge on any atom is 0.387 e. The lowest BCUT2D eigenvalue weighted by molar-refractivity contribution is -0.0498. The number of halogens is 2. The Bertz CT molecular complexity index is 937. The Morgan fingerprint density at radius 1 is 1.15 bits per heavy atom. The van der Waals surface area contributed by atoms with Crippen LogP contribution in [-0.4, -0.2) is 22.3 Å². The quantitative estimate of drug-likeness (QED) is 0.712. The van der Waals surface area contributed by atoms with Crippen LogP contribution in [0.3, 0.4) is 0 Å². The Kier molecular flexibility index (Phi) is 5.49. The number of carbonyl (C=O) groups is 1. The van der Waals surface area contributed by atoms with Gasteiger partial charge in [0.05, 0.1) is 23.1 Å². The predicted octanol–water partition coefficient (Wildman–Crippen LogP) is 4.02. The molecule has 1 heterocycles. The molecule has 0 bridgehead atoms. The highest BCUT2D eigenvalue weighted by Gasteiger charge is 2.15. The summed E-state index contributed by atoms with van der Waals surface area (Å²) < 4.78 is 30.4. The molecule has 5 nitrogen and oxygen atoms in total. The summed E-state index contributed by atoms with van der Waals surface area (Å²) in [5, 5.41) is 7.14. The molecular formula is C20H19F2N3O2. The summed E-state index contributed by atoms with van der Waals surface area (Å²) in [5.41, 5.74) is 3.97. The Labute approximate surface area is 155 Å². The molecule has 2 aromatic carbocycles. The van der Waals surface area contributed by atoms with E-state index in [-0.39, 0.29) is 18.2 Å². The number of alkyl halides is 2. The third-order valence-corrected chi connectivity index (χ3v) is 4.20. The summed E-state index contributed by atoms with van der Waals surface area (Å²) >= 11 is 0. The second-order valence-corrected chi connectivity index (χ2v) is 6.05. The molecule has 1 amide bonds. The molecule has 0 spiro atoms. The minimum absolute atomic E-state index is 0.0791. The van der Waals surface area contributed by atoms with Gasteiger partial charge in [0.1, 0.15) is 5.75 Å². The van der Waals surface area contributed by atoms with E-state index in [4.69, 9.17) is 0 Å². The molecule has 0 saturated carbocycles. The van der Waals surface area contributed by atoms with Crippen LogP contribution in [0.15, 0.2) is 54.7 Å². The average molecular weight is 371 g/mol. The number of hydrogen-bond acceptors (Lipinski definition) is 3. The molecule has 0 aliphatic carbocycles. The second-order valence-electron chi connectivity index (χ2n) is 6.05. The van der Waals surface area contributed by atoms with Crippen LogP contribution in [-0.2, 0) is 6.54 Å². The topological polar surface area (TPSA) is 56.2 Å². The molecule has 3 rings (SSSR count). The standard InChI is InChI=1S/C20H19F2N3O2/c1-13-5-3-4-6-18(13)25-14(2)17(12-24-25)19(26)23-11-15-7-9-16(10-8-15)27-20(21)22/h3-10,12,20H,11H2,1-2H3,(H,23,26). The van der Waals surface area contributed by atoms with Crippen molar-refractivity contribution < 1.29 is 18.3 Å². The molecule has 0 aliphatic rings. The number of ether oxygens (including phenoxy) is 1. The van der Waals surface area contributed by atoms with Gasteiger partial charge in [0.2, 0.25) is 0 Å². The lowest BCUT2D eigenvalue weighted by atomic mass is 10.2. The Hall–Kier alpha value is -3.22. The van der Waals surface area contributed by atoms with E-state index in [1.165, 1.54) is 18.3 Å². The fourth-order valence-corrected chi connectivity index (χ4v) is 2.74. The van der Waals surface area contributed by atoms with Crippen molar-refractivity contribution in [2.45, 2.75) is 27.0 Å². The van der Waals surface area contributed by atoms with Gasteiger partial charge in [-0.25, -0.2) is 4.68 Å². The number of nitrogens with zero attached hydrogens (tertiary/aromatic N) is 2. The molecule has 0 radical (unpaired) electrons. The van der Waals surface area contributed by atoms with Crippen molar-refractivity contribution in [3.8, 4) is 11.4 Å². The first-order valence-electron chi connectivity index (χ1n) is 8.38. The molecule has 3 aromatic rings. The molecule has 0 fully saturated rings. The molecule has 0 atom stereocenters. The molecule has 140 valence electrons. The first-order chi connectivity index (χ1) is 13.0. The summed E-state index contributed by atoms with van der Waals surface area (Å²) in [4.78, 5) is 12.5. The van der Waals surface area contributed by atoms with Gasteiger partial charge >= 0.3 is 6.61 Å². The van der Waals surface area contributed by atoms with Crippen LogP contribution in [0.2, 0.25) is 0 Å². The molecule has 1 aromatic heterocycles. The third kappa shape index (κ3) is 4.31. The fourth-order valence-electron chi connectivity index (χ4n) is 2.74. The minimum atomic E-state index is -2.86. The zero-order chi connectivity index (χ0) is 19.4. The van der Waals surface area contributed by atoms with Crippen molar-refractivity contribution in [3.63, 3.8) is 0 Å². The van der Waals surface area contributed by atoms with Crippen molar-refractivity contribution in [3.05, 3.63) is 77.1 Å². The van der Waals surface area contributed by atoms with Gasteiger partial charge in [-0.2, -0.15) is 13.9 Å². The number of nitrogens with one attached hydrogen (secondary N) is 1. The van der Waals surface area contributed by atoms with Crippen molar-refractivity contribution in [1.82, 2.24) is 15.1 Å². The number of hydrogen-bond donors (Lipinski definition) is 1. The Balaban J connectivity index is 1.68. The minimum Gasteiger partial charge on any atom is -0.435 e. The molecular weight excluding hydrogens is 352 g/mol. The van der Waals surface area contributed by atoms with Crippen molar-refractivity contribution >= 4 is 5.91 Å². The molecule has 7 heteroatoms. The highest BCUT2D eigenvalue weighted by atomic mass is 19.3. The van der Waals surface area contributed by atoms with Crippen LogP contribution < -0.4 is 10.1 Å². The van der Waals surface area contributed by atoms with E-state index >= 15 is 0 Å². The van der Waals surface area contributed by atoms with Crippen molar-refractivity contribution in [2.75, 3.05) is 0 Å². The lowest BCUT2D eigenvalue weighted by Crippen LogP contribution is -2.23. The zero-order valence-electron chi connectivity index (χ0n) is 14.9. The largest absolute Gasteiger partial charge is 0.435 e. The number of aromatic nitrogens is 2. The number of benzene rings is 2. The number of amides is 1. The van der Waals surface area contributed by atoms with Gasteiger partial charge in [-0.05, 0) is 43.2 Å². The van der Waals surface area contributed by atoms with E-state index in [2.05, 4.69) is 15.2 Å². The smallest absolute Gasteiger partial charge is 0.387 e. The van der Waals surface area contributed by atoms with Gasteiger partial charge in [-0.15, -0.1) is 0 Å². The van der Waals surface area contributed by atoms with Gasteiger partial charge in [0.25, 0.3) is 5.91 Å². The molecule has 0 saturated heterocycles. The van der Waals surface area contributed by atoms with Gasteiger partial charge in [-0.3, -0.25) is 4.79 Å². The lowest BCUT2D eigenvalue weighted by Gasteiger charge is -2.09. The van der Waals surface area contributed by atoms with Gasteiger partial charge in [0.15, 0.2) is 0 Å². The van der Waals surface area contributed by atoms with Gasteiger partial charge in [0, 0.05) is 6.54 Å². The Morgan fingerprint density at radius 2 is 1.85 bits per heavy atom. The number of aryl methyl sites for hydroxylation is 1. The highest BCUT2D eigenvalue weighted by Crippen LogP contribution is 2.18. The highest BCUT2D eigenvalue weighted by molar-refractivity contribution is 5.95. The van der Waals surface area contributed by atoms with Crippen LogP contribution in [0.4, 0.5) is 8.78 Å². The Morgan fingerprint density at radius 3 is 2.52 bits per heavy atom. The van der Waals surface area contributed by atoms with Crippen LogP contribution in [0, 0.1) is 13.8 Å². The predicted molar refractivity (Wildman–Crippen MR) is 97.3 cm³/mol. The monoisotopic (exact) mass is 371 g/mol. The molecule has 0 aliphatic heterocycles. The van der Waals surface area contributed by atoms with Crippen LogP contribution in [0.1, 0.15) is 27.2 Å². The van der Waals surface area contributed by atoms with Crippen LogP contribution in [0.5, 0.6) is 5.75 Å². The van der Waals surface area contributed by atoms with Gasteiger partial charge < -0.3 is 10.1 Å².